The van der Waals surface area contributed by atoms with Crippen molar-refractivity contribution in [2.75, 3.05) is 32.6 Å². The Labute approximate surface area is 187 Å². The predicted octanol–water partition coefficient (Wildman–Crippen LogP) is 2.75. The topological polar surface area (TPSA) is 80.7 Å². The van der Waals surface area contributed by atoms with Crippen LogP contribution in [0.15, 0.2) is 47.6 Å². The first-order valence-corrected chi connectivity index (χ1v) is 12.8. The third-order valence-electron chi connectivity index (χ3n) is 6.75. The summed E-state index contributed by atoms with van der Waals surface area (Å²) in [4.78, 5) is 0. The Morgan fingerprint density at radius 1 is 1.00 bits per heavy atom. The molecular formula is C23H25N3O5S. The fourth-order valence-corrected chi connectivity index (χ4v) is 5.97. The first-order chi connectivity index (χ1) is 15.4. The zero-order chi connectivity index (χ0) is 21.9. The molecule has 0 amide bonds. The molecule has 2 aromatic carbocycles. The predicted molar refractivity (Wildman–Crippen MR) is 119 cm³/mol. The van der Waals surface area contributed by atoms with Crippen molar-refractivity contribution < 1.29 is 22.6 Å². The highest BCUT2D eigenvalue weighted by Crippen LogP contribution is 2.50. The smallest absolute Gasteiger partial charge is 0.211 e. The summed E-state index contributed by atoms with van der Waals surface area (Å²) >= 11 is 0. The van der Waals surface area contributed by atoms with Crippen molar-refractivity contribution >= 4 is 15.7 Å². The molecule has 32 heavy (non-hydrogen) atoms. The highest BCUT2D eigenvalue weighted by molar-refractivity contribution is 7.88. The van der Waals surface area contributed by atoms with Crippen LogP contribution in [0.5, 0.6) is 17.2 Å². The number of ether oxygens (including phenoxy) is 3. The molecule has 2 aromatic rings. The number of hydrazone groups is 1. The lowest BCUT2D eigenvalue weighted by Crippen LogP contribution is -2.59. The van der Waals surface area contributed by atoms with E-state index in [0.29, 0.717) is 39.1 Å². The normalized spacial score (nSPS) is 23.8. The van der Waals surface area contributed by atoms with Crippen LogP contribution < -0.4 is 14.2 Å². The van der Waals surface area contributed by atoms with E-state index >= 15 is 0 Å². The van der Waals surface area contributed by atoms with E-state index < -0.39 is 15.7 Å². The molecule has 1 spiro atoms. The molecule has 1 saturated heterocycles. The van der Waals surface area contributed by atoms with E-state index in [1.54, 1.807) is 0 Å². The van der Waals surface area contributed by atoms with Gasteiger partial charge in [-0.05, 0) is 24.3 Å². The zero-order valence-electron chi connectivity index (χ0n) is 17.9. The molecule has 0 radical (unpaired) electrons. The molecule has 4 aliphatic rings. The number of hydrogen-bond acceptors (Lipinski definition) is 7. The molecule has 1 atom stereocenters. The lowest BCUT2D eigenvalue weighted by atomic mass is 9.91. The average molecular weight is 456 g/mol. The van der Waals surface area contributed by atoms with Crippen LogP contribution in [0.25, 0.3) is 0 Å². The second-order valence-corrected chi connectivity index (χ2v) is 10.7. The highest BCUT2D eigenvalue weighted by atomic mass is 32.2. The van der Waals surface area contributed by atoms with Crippen molar-refractivity contribution in [1.82, 2.24) is 9.31 Å². The Bertz CT molecular complexity index is 1200. The number of benzene rings is 2. The van der Waals surface area contributed by atoms with Crippen molar-refractivity contribution in [1.29, 1.82) is 0 Å². The van der Waals surface area contributed by atoms with Crippen LogP contribution in [0.3, 0.4) is 0 Å². The Morgan fingerprint density at radius 2 is 1.75 bits per heavy atom. The van der Waals surface area contributed by atoms with Crippen LogP contribution in [0, 0.1) is 0 Å². The molecule has 0 aliphatic carbocycles. The van der Waals surface area contributed by atoms with Crippen molar-refractivity contribution in [3.63, 3.8) is 0 Å². The maximum Gasteiger partial charge on any atom is 0.211 e. The minimum absolute atomic E-state index is 0.0490. The fraction of sp³-hybridized carbons (Fsp3) is 0.435. The Morgan fingerprint density at radius 3 is 2.53 bits per heavy atom. The summed E-state index contributed by atoms with van der Waals surface area (Å²) in [6.45, 7) is 1.93. The van der Waals surface area contributed by atoms with Crippen LogP contribution in [0.1, 0.15) is 36.4 Å². The first kappa shape index (κ1) is 19.9. The lowest BCUT2D eigenvalue weighted by molar-refractivity contribution is -0.143. The van der Waals surface area contributed by atoms with Gasteiger partial charge in [-0.15, -0.1) is 0 Å². The molecule has 0 unspecified atom stereocenters. The first-order valence-electron chi connectivity index (χ1n) is 10.9. The molecule has 9 heteroatoms. The van der Waals surface area contributed by atoms with Gasteiger partial charge in [-0.25, -0.2) is 17.7 Å². The summed E-state index contributed by atoms with van der Waals surface area (Å²) in [5.41, 5.74) is 2.43. The molecular weight excluding hydrogens is 430 g/mol. The van der Waals surface area contributed by atoms with Crippen LogP contribution in [-0.4, -0.2) is 61.7 Å². The third kappa shape index (κ3) is 3.14. The van der Waals surface area contributed by atoms with Crippen molar-refractivity contribution in [2.24, 2.45) is 5.10 Å². The number of fused-ring (bicyclic) bond motifs is 5. The van der Waals surface area contributed by atoms with Crippen LogP contribution in [-0.2, 0) is 10.0 Å². The number of sulfonamides is 1. The number of nitrogens with zero attached hydrogens (tertiary/aromatic N) is 3. The van der Waals surface area contributed by atoms with E-state index in [1.807, 2.05) is 36.4 Å². The largest absolute Gasteiger partial charge is 0.486 e. The number of rotatable bonds is 2. The van der Waals surface area contributed by atoms with Crippen molar-refractivity contribution in [3.05, 3.63) is 53.6 Å². The van der Waals surface area contributed by atoms with Crippen molar-refractivity contribution in [3.8, 4) is 17.2 Å². The molecule has 0 aromatic heterocycles. The molecule has 4 heterocycles. The second kappa shape index (κ2) is 7.11. The molecule has 0 saturated carbocycles. The van der Waals surface area contributed by atoms with Crippen LogP contribution >= 0.6 is 0 Å². The van der Waals surface area contributed by atoms with Gasteiger partial charge < -0.3 is 14.2 Å². The summed E-state index contributed by atoms with van der Waals surface area (Å²) in [6, 6.07) is 14.1. The van der Waals surface area contributed by atoms with Gasteiger partial charge in [-0.2, -0.15) is 5.10 Å². The van der Waals surface area contributed by atoms with Gasteiger partial charge in [-0.1, -0.05) is 18.2 Å². The van der Waals surface area contributed by atoms with E-state index in [1.165, 1.54) is 10.6 Å². The minimum Gasteiger partial charge on any atom is -0.486 e. The van der Waals surface area contributed by atoms with E-state index in [9.17, 15) is 8.42 Å². The third-order valence-corrected chi connectivity index (χ3v) is 8.06. The van der Waals surface area contributed by atoms with E-state index in [4.69, 9.17) is 19.3 Å². The van der Waals surface area contributed by atoms with Gasteiger partial charge in [0.25, 0.3) is 0 Å². The van der Waals surface area contributed by atoms with Gasteiger partial charge in [0.1, 0.15) is 19.0 Å². The molecule has 1 fully saturated rings. The summed E-state index contributed by atoms with van der Waals surface area (Å²) in [5.74, 6) is 2.36. The minimum atomic E-state index is -3.23. The number of para-hydroxylation sites is 1. The molecule has 168 valence electrons. The van der Waals surface area contributed by atoms with Gasteiger partial charge in [0.15, 0.2) is 11.5 Å². The average Bonchev–Trinajstić information content (AvgIpc) is 3.26. The van der Waals surface area contributed by atoms with Crippen LogP contribution in [0.2, 0.25) is 0 Å². The number of piperidine rings is 1. The van der Waals surface area contributed by atoms with Gasteiger partial charge >= 0.3 is 0 Å². The maximum atomic E-state index is 12.1. The maximum absolute atomic E-state index is 12.1. The summed E-state index contributed by atoms with van der Waals surface area (Å²) in [5, 5.41) is 7.14. The molecule has 4 aliphatic heterocycles. The fourth-order valence-electron chi connectivity index (χ4n) is 5.12. The summed E-state index contributed by atoms with van der Waals surface area (Å²) in [6.07, 6.45) is 3.13. The summed E-state index contributed by atoms with van der Waals surface area (Å²) in [7, 11) is -3.23. The molecule has 6 rings (SSSR count). The quantitative estimate of drug-likeness (QED) is 0.693. The standard InChI is InChI=1S/C23H25N3O5S/c1-32(27,28)25-10-8-23(9-11-25)26-19(17-4-2-3-5-20(17)31-23)15-18(24-26)16-6-7-21-22(14-16)30-13-12-29-21/h2-7,14,19H,8-13,15H2,1H3/t19-/m0/s1. The second-order valence-electron chi connectivity index (χ2n) is 8.72. The SMILES string of the molecule is CS(=O)(=O)N1CCC2(CC1)Oc1ccccc1[C@@H]1CC(c3ccc4c(c3)OCCO4)=NN12. The number of hydrogen-bond donors (Lipinski definition) is 0. The van der Waals surface area contributed by atoms with Crippen molar-refractivity contribution in [2.45, 2.75) is 31.0 Å². The molecule has 0 N–H and O–H groups in total. The van der Waals surface area contributed by atoms with Gasteiger partial charge in [0.2, 0.25) is 15.7 Å². The Hall–Kier alpha value is -2.78. The van der Waals surface area contributed by atoms with E-state index in [-0.39, 0.29) is 6.04 Å². The zero-order valence-corrected chi connectivity index (χ0v) is 18.7. The summed E-state index contributed by atoms with van der Waals surface area (Å²) < 4.78 is 43.6. The molecule has 8 nitrogen and oxygen atoms in total. The van der Waals surface area contributed by atoms with E-state index in [2.05, 4.69) is 11.1 Å². The van der Waals surface area contributed by atoms with Gasteiger partial charge in [0.05, 0.1) is 18.0 Å². The van der Waals surface area contributed by atoms with Gasteiger partial charge in [-0.3, -0.25) is 0 Å². The lowest BCUT2D eigenvalue weighted by Gasteiger charge is -2.50. The monoisotopic (exact) mass is 455 g/mol. The van der Waals surface area contributed by atoms with Crippen LogP contribution in [0.4, 0.5) is 0 Å². The van der Waals surface area contributed by atoms with E-state index in [0.717, 1.165) is 40.5 Å². The Kier molecular flexibility index (Phi) is 4.42. The Balaban J connectivity index is 1.37. The van der Waals surface area contributed by atoms with Gasteiger partial charge in [0, 0.05) is 43.5 Å². The molecule has 0 bridgehead atoms. The highest BCUT2D eigenvalue weighted by Gasteiger charge is 2.52.